The summed E-state index contributed by atoms with van der Waals surface area (Å²) in [6.07, 6.45) is 1.76. The lowest BCUT2D eigenvalue weighted by molar-refractivity contribution is -0.121. The topological polar surface area (TPSA) is 87.2 Å². The Morgan fingerprint density at radius 3 is 2.61 bits per heavy atom. The number of fused-ring (bicyclic) bond motifs is 1. The minimum atomic E-state index is -0.706. The molecule has 3 rings (SSSR count). The molecule has 0 radical (unpaired) electrons. The summed E-state index contributed by atoms with van der Waals surface area (Å²) in [5.74, 6) is 0.791. The van der Waals surface area contributed by atoms with E-state index >= 15 is 0 Å². The first-order valence-electron chi connectivity index (χ1n) is 9.47. The maximum atomic E-state index is 13.6. The van der Waals surface area contributed by atoms with E-state index in [9.17, 15) is 9.59 Å². The molecule has 1 atom stereocenters. The largest absolute Gasteiger partial charge is 0.497 e. The summed E-state index contributed by atoms with van der Waals surface area (Å²) in [7, 11) is 1.62. The number of carbonyl (C=O) groups is 1. The van der Waals surface area contributed by atoms with E-state index in [1.807, 2.05) is 38.1 Å². The second-order valence-electron chi connectivity index (χ2n) is 6.55. The molecule has 1 unspecified atom stereocenters. The number of aromatic nitrogens is 2. The minimum Gasteiger partial charge on any atom is -0.497 e. The number of benzene rings is 1. The van der Waals surface area contributed by atoms with Gasteiger partial charge < -0.3 is 10.5 Å². The van der Waals surface area contributed by atoms with E-state index in [2.05, 4.69) is 6.92 Å². The molecule has 2 heterocycles. The average molecular weight is 400 g/mol. The van der Waals surface area contributed by atoms with E-state index in [1.165, 1.54) is 15.9 Å². The Balaban J connectivity index is 2.42. The van der Waals surface area contributed by atoms with Crippen molar-refractivity contribution in [1.82, 2.24) is 9.55 Å². The van der Waals surface area contributed by atoms with Gasteiger partial charge in [-0.05, 0) is 30.5 Å². The Bertz CT molecular complexity index is 1080. The summed E-state index contributed by atoms with van der Waals surface area (Å²) in [6.45, 7) is 5.83. The average Bonchev–Trinajstić information content (AvgIpc) is 3.08. The molecule has 0 saturated carbocycles. The molecule has 0 fully saturated rings. The first-order valence-corrected chi connectivity index (χ1v) is 10.3. The molecule has 0 bridgehead atoms. The summed E-state index contributed by atoms with van der Waals surface area (Å²) < 4.78 is 6.85. The second-order valence-corrected chi connectivity index (χ2v) is 7.63. The summed E-state index contributed by atoms with van der Waals surface area (Å²) in [5.41, 5.74) is 7.16. The Hall–Kier alpha value is -2.67. The van der Waals surface area contributed by atoms with Crippen LogP contribution >= 0.6 is 11.3 Å². The highest BCUT2D eigenvalue weighted by atomic mass is 32.1. The number of carbonyl (C=O) groups excluding carboxylic acids is 1. The molecular weight excluding hydrogens is 374 g/mol. The molecule has 0 spiro atoms. The Morgan fingerprint density at radius 2 is 2.04 bits per heavy atom. The van der Waals surface area contributed by atoms with Crippen LogP contribution < -0.4 is 16.0 Å². The van der Waals surface area contributed by atoms with Crippen LogP contribution in [-0.2, 0) is 17.6 Å². The number of amides is 1. The molecule has 1 amide bonds. The van der Waals surface area contributed by atoms with Crippen molar-refractivity contribution < 1.29 is 9.53 Å². The van der Waals surface area contributed by atoms with Gasteiger partial charge in [-0.2, -0.15) is 0 Å². The van der Waals surface area contributed by atoms with Gasteiger partial charge in [0.2, 0.25) is 5.91 Å². The van der Waals surface area contributed by atoms with Crippen molar-refractivity contribution in [1.29, 1.82) is 0 Å². The molecule has 0 aliphatic carbocycles. The van der Waals surface area contributed by atoms with Crippen molar-refractivity contribution in [2.45, 2.75) is 46.1 Å². The third kappa shape index (κ3) is 3.30. The van der Waals surface area contributed by atoms with E-state index in [0.717, 1.165) is 28.2 Å². The number of thiophene rings is 1. The smallest absolute Gasteiger partial charge is 0.263 e. The van der Waals surface area contributed by atoms with Gasteiger partial charge in [0.1, 0.15) is 22.4 Å². The number of nitrogens with two attached hydrogens (primary N) is 1. The van der Waals surface area contributed by atoms with Crippen molar-refractivity contribution in [3.8, 4) is 16.9 Å². The molecule has 3 aromatic rings. The van der Waals surface area contributed by atoms with Crippen LogP contribution in [0.15, 0.2) is 29.1 Å². The van der Waals surface area contributed by atoms with Gasteiger partial charge in [0.05, 0.1) is 12.5 Å². The monoisotopic (exact) mass is 399 g/mol. The summed E-state index contributed by atoms with van der Waals surface area (Å²) in [6, 6.07) is 6.95. The lowest BCUT2D eigenvalue weighted by atomic mass is 10.0. The Labute approximate surface area is 168 Å². The van der Waals surface area contributed by atoms with Gasteiger partial charge in [-0.25, -0.2) is 4.98 Å². The van der Waals surface area contributed by atoms with E-state index < -0.39 is 11.9 Å². The standard InChI is InChI=1S/C21H25N3O3S/c1-5-14(19(22)25)24-16(7-3)23-20-18(21(24)26)17(15(6-2)28-20)12-9-8-10-13(11-12)27-4/h8-11,14H,5-7H2,1-4H3,(H2,22,25). The predicted molar refractivity (Wildman–Crippen MR) is 113 cm³/mol. The normalized spacial score (nSPS) is 12.3. The summed E-state index contributed by atoms with van der Waals surface area (Å²) >= 11 is 1.53. The van der Waals surface area contributed by atoms with Crippen LogP contribution in [0.3, 0.4) is 0 Å². The Kier molecular flexibility index (Phi) is 5.84. The number of primary amides is 1. The summed E-state index contributed by atoms with van der Waals surface area (Å²) in [5, 5.41) is 0.548. The van der Waals surface area contributed by atoms with Gasteiger partial charge in [-0.1, -0.05) is 32.9 Å². The van der Waals surface area contributed by atoms with Gasteiger partial charge in [0.15, 0.2) is 0 Å². The lowest BCUT2D eigenvalue weighted by Crippen LogP contribution is -2.36. The third-order valence-corrected chi connectivity index (χ3v) is 6.15. The summed E-state index contributed by atoms with van der Waals surface area (Å²) in [4.78, 5) is 32.1. The number of ether oxygens (including phenoxy) is 1. The molecule has 2 aromatic heterocycles. The maximum Gasteiger partial charge on any atom is 0.263 e. The number of hydrogen-bond donors (Lipinski definition) is 1. The van der Waals surface area contributed by atoms with Crippen LogP contribution in [0.25, 0.3) is 21.3 Å². The van der Waals surface area contributed by atoms with Gasteiger partial charge in [-0.15, -0.1) is 11.3 Å². The van der Waals surface area contributed by atoms with Crippen LogP contribution in [0.5, 0.6) is 5.75 Å². The van der Waals surface area contributed by atoms with Crippen LogP contribution in [0.2, 0.25) is 0 Å². The van der Waals surface area contributed by atoms with Crippen molar-refractivity contribution in [3.05, 3.63) is 45.3 Å². The number of nitrogens with zero attached hydrogens (tertiary/aromatic N) is 2. The fourth-order valence-electron chi connectivity index (χ4n) is 3.57. The highest BCUT2D eigenvalue weighted by molar-refractivity contribution is 7.19. The molecular formula is C21H25N3O3S. The third-order valence-electron chi connectivity index (χ3n) is 4.93. The highest BCUT2D eigenvalue weighted by Crippen LogP contribution is 2.38. The maximum absolute atomic E-state index is 13.6. The number of rotatable bonds is 7. The Morgan fingerprint density at radius 1 is 1.29 bits per heavy atom. The molecule has 2 N–H and O–H groups in total. The molecule has 0 aliphatic rings. The van der Waals surface area contributed by atoms with Gasteiger partial charge in [0, 0.05) is 16.9 Å². The molecule has 0 aliphatic heterocycles. The molecule has 7 heteroatoms. The number of aryl methyl sites for hydroxylation is 2. The van der Waals surface area contributed by atoms with E-state index in [-0.39, 0.29) is 5.56 Å². The zero-order valence-electron chi connectivity index (χ0n) is 16.6. The van der Waals surface area contributed by atoms with E-state index in [4.69, 9.17) is 15.5 Å². The minimum absolute atomic E-state index is 0.207. The highest BCUT2D eigenvalue weighted by Gasteiger charge is 2.25. The fraction of sp³-hybridized carbons (Fsp3) is 0.381. The molecule has 0 saturated heterocycles. The van der Waals surface area contributed by atoms with Crippen LogP contribution in [0, 0.1) is 0 Å². The zero-order valence-corrected chi connectivity index (χ0v) is 17.4. The van der Waals surface area contributed by atoms with Crippen LogP contribution in [0.1, 0.15) is 43.9 Å². The second kappa shape index (κ2) is 8.14. The zero-order chi connectivity index (χ0) is 20.4. The van der Waals surface area contributed by atoms with Crippen molar-refractivity contribution in [3.63, 3.8) is 0 Å². The fourth-order valence-corrected chi connectivity index (χ4v) is 4.71. The van der Waals surface area contributed by atoms with Crippen molar-refractivity contribution in [2.24, 2.45) is 5.73 Å². The quantitative estimate of drug-likeness (QED) is 0.656. The van der Waals surface area contributed by atoms with E-state index in [0.29, 0.717) is 28.9 Å². The molecule has 28 heavy (non-hydrogen) atoms. The SMILES string of the molecule is CCc1sc2nc(CC)n(C(CC)C(N)=O)c(=O)c2c1-c1cccc(OC)c1. The molecule has 148 valence electrons. The first kappa shape index (κ1) is 20.1. The van der Waals surface area contributed by atoms with Gasteiger partial charge in [-0.3, -0.25) is 14.2 Å². The van der Waals surface area contributed by atoms with Gasteiger partial charge >= 0.3 is 0 Å². The lowest BCUT2D eigenvalue weighted by Gasteiger charge is -2.18. The van der Waals surface area contributed by atoms with E-state index in [1.54, 1.807) is 7.11 Å². The number of hydrogen-bond acceptors (Lipinski definition) is 5. The molecule has 1 aromatic carbocycles. The molecule has 6 nitrogen and oxygen atoms in total. The van der Waals surface area contributed by atoms with Crippen molar-refractivity contribution >= 4 is 27.5 Å². The van der Waals surface area contributed by atoms with Crippen LogP contribution in [-0.4, -0.2) is 22.6 Å². The predicted octanol–water partition coefficient (Wildman–Crippen LogP) is 3.69. The van der Waals surface area contributed by atoms with Crippen molar-refractivity contribution in [2.75, 3.05) is 7.11 Å². The number of methoxy groups -OCH3 is 1. The van der Waals surface area contributed by atoms with Crippen LogP contribution in [0.4, 0.5) is 0 Å². The first-order chi connectivity index (χ1) is 13.5. The van der Waals surface area contributed by atoms with Gasteiger partial charge in [0.25, 0.3) is 5.56 Å².